The minimum Gasteiger partial charge on any atom is -0.391 e. The maximum absolute atomic E-state index is 11.3. The number of aliphatic hydroxyl groups excluding tert-OH is 5. The van der Waals surface area contributed by atoms with Gasteiger partial charge in [-0.1, -0.05) is 13.8 Å². The SMILES string of the molecule is [2H]C[C@H]1O[C@@H](O[C@@H]2C(O)[C@H](C)CC(N)[C@H]2O[C@H]2OC3C(C)CCCO[C@H]3[C@H](O)C2[B])C(O)[C@H]1O[C@H]1OC(CN)[C@@H](O)C(O)C1N. The standard InChI is InChI=1S/C28H50BN3O12/c1-9-5-4-6-38-24-18(35)14(29)26(41-21(9)24)43-23-12(31)7-10(2)16(33)25(23)44-28-20(37)22(11(3)39-28)42-27-15(32)19(36)17(34)13(8-30)40-27/h9-28,33-37H,4-8,30-32H2,1-3H3/t9?,10-,11-,12?,13?,14?,15?,16?,17-,18-,19?,20?,21?,22+,23-,24+,25-,26-,27-,28+/m1/s1/i3D. The summed E-state index contributed by atoms with van der Waals surface area (Å²) in [4.78, 5) is 0. The third kappa shape index (κ3) is 6.73. The maximum Gasteiger partial charge on any atom is 0.187 e. The molecule has 5 fully saturated rings. The zero-order chi connectivity index (χ0) is 32.7. The quantitative estimate of drug-likeness (QED) is 0.127. The van der Waals surface area contributed by atoms with Gasteiger partial charge in [0.15, 0.2) is 18.9 Å². The summed E-state index contributed by atoms with van der Waals surface area (Å²) in [5.41, 5.74) is 18.2. The molecule has 9 unspecified atom stereocenters. The van der Waals surface area contributed by atoms with Crippen LogP contribution in [0.1, 0.15) is 41.4 Å². The van der Waals surface area contributed by atoms with E-state index in [0.717, 1.165) is 12.8 Å². The first kappa shape index (κ1) is 33.4. The Morgan fingerprint density at radius 2 is 1.50 bits per heavy atom. The van der Waals surface area contributed by atoms with E-state index in [-0.39, 0.29) is 25.3 Å². The van der Waals surface area contributed by atoms with Gasteiger partial charge in [0.05, 0.1) is 38.3 Å². The Kier molecular flexibility index (Phi) is 10.8. The molecule has 44 heavy (non-hydrogen) atoms. The van der Waals surface area contributed by atoms with Crippen LogP contribution in [0.2, 0.25) is 5.82 Å². The Balaban J connectivity index is 1.31. The summed E-state index contributed by atoms with van der Waals surface area (Å²) >= 11 is 0. The lowest BCUT2D eigenvalue weighted by atomic mass is 9.74. The highest BCUT2D eigenvalue weighted by Crippen LogP contribution is 2.40. The van der Waals surface area contributed by atoms with Crippen molar-refractivity contribution in [3.8, 4) is 0 Å². The molecule has 0 aromatic carbocycles. The van der Waals surface area contributed by atoms with Crippen molar-refractivity contribution in [1.29, 1.82) is 0 Å². The van der Waals surface area contributed by atoms with E-state index in [0.29, 0.717) is 13.0 Å². The average Bonchev–Trinajstić information content (AvgIpc) is 3.18. The topological polar surface area (TPSA) is 244 Å². The van der Waals surface area contributed by atoms with Crippen molar-refractivity contribution < 1.29 is 60.1 Å². The van der Waals surface area contributed by atoms with Gasteiger partial charge in [-0.2, -0.15) is 0 Å². The molecule has 4 saturated heterocycles. The lowest BCUT2D eigenvalue weighted by Gasteiger charge is -2.49. The first-order chi connectivity index (χ1) is 21.4. The molecule has 0 spiro atoms. The van der Waals surface area contributed by atoms with E-state index >= 15 is 0 Å². The molecule has 5 rings (SSSR count). The molecule has 0 aromatic heterocycles. The number of nitrogens with two attached hydrogens (primary N) is 3. The molecule has 5 aliphatic rings. The van der Waals surface area contributed by atoms with Crippen LogP contribution in [0.3, 0.4) is 0 Å². The third-order valence-corrected chi connectivity index (χ3v) is 9.79. The second-order valence-corrected chi connectivity index (χ2v) is 13.0. The van der Waals surface area contributed by atoms with Crippen LogP contribution in [0, 0.1) is 11.8 Å². The van der Waals surface area contributed by atoms with Gasteiger partial charge in [-0.25, -0.2) is 0 Å². The van der Waals surface area contributed by atoms with Gasteiger partial charge in [0.1, 0.15) is 48.8 Å². The Bertz CT molecular complexity index is 966. The second kappa shape index (κ2) is 14.3. The third-order valence-electron chi connectivity index (χ3n) is 9.79. The minimum atomic E-state index is -1.49. The molecule has 252 valence electrons. The lowest BCUT2D eigenvalue weighted by Crippen LogP contribution is -2.64. The molecular formula is C28H50BN3O12. The smallest absolute Gasteiger partial charge is 0.187 e. The van der Waals surface area contributed by atoms with Crippen LogP contribution in [0.4, 0.5) is 0 Å². The van der Waals surface area contributed by atoms with Gasteiger partial charge in [0, 0.05) is 26.4 Å². The van der Waals surface area contributed by atoms with Gasteiger partial charge in [0.2, 0.25) is 0 Å². The summed E-state index contributed by atoms with van der Waals surface area (Å²) in [5, 5.41) is 54.2. The molecule has 1 saturated carbocycles. The fourth-order valence-corrected chi connectivity index (χ4v) is 6.98. The van der Waals surface area contributed by atoms with E-state index in [9.17, 15) is 25.5 Å². The van der Waals surface area contributed by atoms with Crippen molar-refractivity contribution in [3.63, 3.8) is 0 Å². The van der Waals surface area contributed by atoms with Crippen LogP contribution in [-0.4, -0.2) is 151 Å². The minimum absolute atomic E-state index is 0.0648. The van der Waals surface area contributed by atoms with E-state index in [4.69, 9.17) is 59.6 Å². The molecule has 20 atom stereocenters. The van der Waals surface area contributed by atoms with Crippen molar-refractivity contribution in [2.75, 3.05) is 13.2 Å². The van der Waals surface area contributed by atoms with E-state index < -0.39 is 110 Å². The number of hydrogen-bond donors (Lipinski definition) is 8. The van der Waals surface area contributed by atoms with Crippen molar-refractivity contribution in [2.24, 2.45) is 29.0 Å². The highest BCUT2D eigenvalue weighted by molar-refractivity contribution is 6.12. The zero-order valence-electron chi connectivity index (χ0n) is 26.2. The summed E-state index contributed by atoms with van der Waals surface area (Å²) in [5.74, 6) is -1.23. The number of ether oxygens (including phenoxy) is 7. The number of rotatable bonds is 7. The van der Waals surface area contributed by atoms with Crippen molar-refractivity contribution in [1.82, 2.24) is 0 Å². The maximum atomic E-state index is 11.3. The predicted molar refractivity (Wildman–Crippen MR) is 153 cm³/mol. The van der Waals surface area contributed by atoms with Gasteiger partial charge in [-0.3, -0.25) is 0 Å². The number of aliphatic hydroxyl groups is 5. The molecule has 15 nitrogen and oxygen atoms in total. The van der Waals surface area contributed by atoms with Crippen LogP contribution < -0.4 is 17.2 Å². The fraction of sp³-hybridized carbons (Fsp3) is 1.00. The molecule has 0 bridgehead atoms. The van der Waals surface area contributed by atoms with Crippen molar-refractivity contribution in [2.45, 2.75) is 150 Å². The Labute approximate surface area is 260 Å². The van der Waals surface area contributed by atoms with E-state index in [2.05, 4.69) is 0 Å². The molecule has 1 aliphatic carbocycles. The lowest BCUT2D eigenvalue weighted by molar-refractivity contribution is -0.310. The average molecular weight is 633 g/mol. The van der Waals surface area contributed by atoms with Gasteiger partial charge >= 0.3 is 0 Å². The molecule has 0 amide bonds. The van der Waals surface area contributed by atoms with Crippen molar-refractivity contribution in [3.05, 3.63) is 0 Å². The van der Waals surface area contributed by atoms with E-state index in [1.165, 1.54) is 0 Å². The Morgan fingerprint density at radius 3 is 2.20 bits per heavy atom. The van der Waals surface area contributed by atoms with Crippen LogP contribution in [0.15, 0.2) is 0 Å². The molecule has 11 N–H and O–H groups in total. The van der Waals surface area contributed by atoms with Crippen LogP contribution in [0.25, 0.3) is 0 Å². The molecule has 16 heteroatoms. The van der Waals surface area contributed by atoms with Crippen LogP contribution >= 0.6 is 0 Å². The molecular weight excluding hydrogens is 581 g/mol. The monoisotopic (exact) mass is 632 g/mol. The molecule has 4 heterocycles. The Morgan fingerprint density at radius 1 is 0.795 bits per heavy atom. The number of fused-ring (bicyclic) bond motifs is 1. The summed E-state index contributed by atoms with van der Waals surface area (Å²) in [6.45, 7) is 3.84. The predicted octanol–water partition coefficient (Wildman–Crippen LogP) is -3.43. The van der Waals surface area contributed by atoms with Gasteiger partial charge in [0.25, 0.3) is 0 Å². The molecule has 0 aromatic rings. The van der Waals surface area contributed by atoms with Crippen molar-refractivity contribution >= 4 is 7.85 Å². The largest absolute Gasteiger partial charge is 0.391 e. The molecule has 2 radical (unpaired) electrons. The molecule has 4 aliphatic heterocycles. The first-order valence-electron chi connectivity index (χ1n) is 16.3. The van der Waals surface area contributed by atoms with E-state index in [1.807, 2.05) is 6.92 Å². The van der Waals surface area contributed by atoms with Gasteiger partial charge < -0.3 is 75.9 Å². The highest BCUT2D eigenvalue weighted by atomic mass is 16.8. The van der Waals surface area contributed by atoms with Gasteiger partial charge in [-0.05, 0) is 38.0 Å². The number of hydrogen-bond acceptors (Lipinski definition) is 15. The second-order valence-electron chi connectivity index (χ2n) is 13.0. The zero-order valence-corrected chi connectivity index (χ0v) is 25.2. The van der Waals surface area contributed by atoms with Crippen LogP contribution in [-0.2, 0) is 33.2 Å². The van der Waals surface area contributed by atoms with E-state index in [1.54, 1.807) is 6.92 Å². The first-order valence-corrected chi connectivity index (χ1v) is 15.6. The Hall–Kier alpha value is -0.535. The van der Waals surface area contributed by atoms with Gasteiger partial charge in [-0.15, -0.1) is 0 Å². The fourth-order valence-electron chi connectivity index (χ4n) is 6.98. The highest BCUT2D eigenvalue weighted by Gasteiger charge is 2.54. The summed E-state index contributed by atoms with van der Waals surface area (Å²) in [6, 6.07) is -1.83. The summed E-state index contributed by atoms with van der Waals surface area (Å²) in [6.07, 6.45) is -14.5. The normalized spacial score (nSPS) is 55.6. The van der Waals surface area contributed by atoms with Crippen LogP contribution in [0.5, 0.6) is 0 Å². The summed E-state index contributed by atoms with van der Waals surface area (Å²) < 4.78 is 50.1. The summed E-state index contributed by atoms with van der Waals surface area (Å²) in [7, 11) is 6.38.